The zero-order valence-electron chi connectivity index (χ0n) is 6.06. The highest BCUT2D eigenvalue weighted by molar-refractivity contribution is 7.17. The molecule has 0 aliphatic rings. The van der Waals surface area contributed by atoms with Gasteiger partial charge in [0.05, 0.1) is 10.2 Å². The van der Waals surface area contributed by atoms with E-state index >= 15 is 0 Å². The third kappa shape index (κ3) is 0.625. The van der Waals surface area contributed by atoms with Crippen molar-refractivity contribution in [2.24, 2.45) is 0 Å². The minimum absolute atomic E-state index is 1.28. The van der Waals surface area contributed by atoms with Gasteiger partial charge < -0.3 is 4.98 Å². The third-order valence-corrected chi connectivity index (χ3v) is 2.92. The van der Waals surface area contributed by atoms with Crippen molar-refractivity contribution in [3.05, 3.63) is 22.7 Å². The molecule has 2 heteroatoms. The number of aryl methyl sites for hydroxylation is 2. The zero-order chi connectivity index (χ0) is 7.14. The number of nitrogens with one attached hydrogen (secondary N) is 1. The summed E-state index contributed by atoms with van der Waals surface area (Å²) in [7, 11) is 0. The fourth-order valence-electron chi connectivity index (χ4n) is 1.16. The highest BCUT2D eigenvalue weighted by atomic mass is 32.1. The molecule has 0 saturated carbocycles. The first kappa shape index (κ1) is 5.98. The lowest BCUT2D eigenvalue weighted by Crippen LogP contribution is -1.70. The van der Waals surface area contributed by atoms with E-state index in [4.69, 9.17) is 0 Å². The molecule has 0 spiro atoms. The van der Waals surface area contributed by atoms with E-state index in [1.807, 2.05) is 0 Å². The maximum absolute atomic E-state index is 3.32. The summed E-state index contributed by atoms with van der Waals surface area (Å²) in [5, 5.41) is 2.12. The van der Waals surface area contributed by atoms with Crippen LogP contribution in [0.4, 0.5) is 0 Å². The Hall–Kier alpha value is -0.760. The molecule has 0 fully saturated rings. The van der Waals surface area contributed by atoms with E-state index < -0.39 is 0 Å². The fraction of sp³-hybridized carbons (Fsp3) is 0.250. The molecule has 0 atom stereocenters. The van der Waals surface area contributed by atoms with E-state index in [0.29, 0.717) is 0 Å². The number of rotatable bonds is 0. The van der Waals surface area contributed by atoms with Crippen molar-refractivity contribution in [1.82, 2.24) is 4.98 Å². The Kier molecular flexibility index (Phi) is 1.11. The molecule has 0 aliphatic heterocycles. The first-order valence-electron chi connectivity index (χ1n) is 3.31. The molecular formula is C8H9NS. The summed E-state index contributed by atoms with van der Waals surface area (Å²) < 4.78 is 1.40. The smallest absolute Gasteiger partial charge is 0.0568 e. The molecule has 2 rings (SSSR count). The van der Waals surface area contributed by atoms with Crippen molar-refractivity contribution in [2.75, 3.05) is 0 Å². The monoisotopic (exact) mass is 151 g/mol. The van der Waals surface area contributed by atoms with Crippen LogP contribution in [0.3, 0.4) is 0 Å². The Morgan fingerprint density at radius 1 is 1.40 bits per heavy atom. The van der Waals surface area contributed by atoms with Crippen molar-refractivity contribution in [1.29, 1.82) is 0 Å². The van der Waals surface area contributed by atoms with Crippen LogP contribution in [0.1, 0.15) is 11.3 Å². The van der Waals surface area contributed by atoms with E-state index in [1.54, 1.807) is 11.3 Å². The molecule has 0 aliphatic carbocycles. The van der Waals surface area contributed by atoms with Gasteiger partial charge in [0.1, 0.15) is 0 Å². The number of hydrogen-bond acceptors (Lipinski definition) is 1. The van der Waals surface area contributed by atoms with Crippen molar-refractivity contribution >= 4 is 21.6 Å². The van der Waals surface area contributed by atoms with Crippen molar-refractivity contribution in [3.8, 4) is 0 Å². The average Bonchev–Trinajstić information content (AvgIpc) is 2.41. The molecule has 0 amide bonds. The first-order chi connectivity index (χ1) is 4.79. The minimum atomic E-state index is 1.28. The summed E-state index contributed by atoms with van der Waals surface area (Å²) in [5.74, 6) is 0. The fourth-order valence-corrected chi connectivity index (χ4v) is 2.08. The van der Waals surface area contributed by atoms with Crippen LogP contribution in [0.15, 0.2) is 11.4 Å². The summed E-state index contributed by atoms with van der Waals surface area (Å²) in [5.41, 5.74) is 3.96. The zero-order valence-corrected chi connectivity index (χ0v) is 6.88. The molecule has 0 saturated heterocycles. The van der Waals surface area contributed by atoms with Gasteiger partial charge in [-0.1, -0.05) is 0 Å². The summed E-state index contributed by atoms with van der Waals surface area (Å²) in [6.07, 6.45) is 0. The molecule has 1 N–H and O–H groups in total. The third-order valence-electron chi connectivity index (χ3n) is 1.89. The van der Waals surface area contributed by atoms with Gasteiger partial charge in [0.25, 0.3) is 0 Å². The van der Waals surface area contributed by atoms with Crippen LogP contribution in [-0.2, 0) is 0 Å². The van der Waals surface area contributed by atoms with E-state index in [-0.39, 0.29) is 0 Å². The van der Waals surface area contributed by atoms with Crippen LogP contribution >= 0.6 is 11.3 Å². The Labute approximate surface area is 63.7 Å². The maximum Gasteiger partial charge on any atom is 0.0568 e. The van der Waals surface area contributed by atoms with Crippen molar-refractivity contribution < 1.29 is 0 Å². The summed E-state index contributed by atoms with van der Waals surface area (Å²) in [4.78, 5) is 3.32. The number of aromatic amines is 1. The molecule has 2 heterocycles. The van der Waals surface area contributed by atoms with Crippen LogP contribution < -0.4 is 0 Å². The topological polar surface area (TPSA) is 15.8 Å². The Balaban J connectivity index is 2.95. The predicted octanol–water partition coefficient (Wildman–Crippen LogP) is 2.85. The van der Waals surface area contributed by atoms with E-state index in [9.17, 15) is 0 Å². The average molecular weight is 151 g/mol. The second-order valence-corrected chi connectivity index (χ2v) is 3.45. The van der Waals surface area contributed by atoms with Gasteiger partial charge in [-0.3, -0.25) is 0 Å². The normalized spacial score (nSPS) is 11.0. The highest BCUT2D eigenvalue weighted by Gasteiger charge is 2.02. The second kappa shape index (κ2) is 1.86. The van der Waals surface area contributed by atoms with Gasteiger partial charge in [-0.05, 0) is 30.9 Å². The Bertz CT molecular complexity index is 356. The second-order valence-electron chi connectivity index (χ2n) is 2.54. The first-order valence-corrected chi connectivity index (χ1v) is 4.19. The van der Waals surface area contributed by atoms with Gasteiger partial charge in [-0.15, -0.1) is 11.3 Å². The number of aromatic nitrogens is 1. The van der Waals surface area contributed by atoms with Gasteiger partial charge in [0.2, 0.25) is 0 Å². The molecule has 0 unspecified atom stereocenters. The summed E-state index contributed by atoms with van der Waals surface area (Å²) in [6.45, 7) is 4.27. The number of hydrogen-bond donors (Lipinski definition) is 1. The molecule has 0 aromatic carbocycles. The highest BCUT2D eigenvalue weighted by Crippen LogP contribution is 2.25. The Morgan fingerprint density at radius 2 is 2.20 bits per heavy atom. The molecular weight excluding hydrogens is 142 g/mol. The lowest BCUT2D eigenvalue weighted by Gasteiger charge is -1.84. The van der Waals surface area contributed by atoms with E-state index in [2.05, 4.69) is 30.3 Å². The van der Waals surface area contributed by atoms with Crippen LogP contribution in [0.25, 0.3) is 10.2 Å². The number of H-pyrrole nitrogens is 1. The molecule has 1 nitrogen and oxygen atoms in total. The number of thiophene rings is 1. The van der Waals surface area contributed by atoms with Crippen molar-refractivity contribution in [2.45, 2.75) is 13.8 Å². The molecule has 2 aromatic rings. The maximum atomic E-state index is 3.32. The van der Waals surface area contributed by atoms with E-state index in [1.165, 1.54) is 21.5 Å². The molecule has 2 aromatic heterocycles. The molecule has 0 radical (unpaired) electrons. The van der Waals surface area contributed by atoms with Crippen LogP contribution in [0.2, 0.25) is 0 Å². The SMILES string of the molecule is Cc1[nH]c2ccsc2c1C. The lowest BCUT2D eigenvalue weighted by molar-refractivity contribution is 1.25. The van der Waals surface area contributed by atoms with Gasteiger partial charge in [-0.2, -0.15) is 0 Å². The van der Waals surface area contributed by atoms with Gasteiger partial charge in [0, 0.05) is 5.69 Å². The van der Waals surface area contributed by atoms with Crippen LogP contribution in [0.5, 0.6) is 0 Å². The Morgan fingerprint density at radius 3 is 2.90 bits per heavy atom. The van der Waals surface area contributed by atoms with E-state index in [0.717, 1.165) is 0 Å². The predicted molar refractivity (Wildman–Crippen MR) is 45.6 cm³/mol. The standard InChI is InChI=1S/C8H9NS/c1-5-6(2)9-7-3-4-10-8(5)7/h3-4,9H,1-2H3. The molecule has 10 heavy (non-hydrogen) atoms. The number of fused-ring (bicyclic) bond motifs is 1. The molecule has 0 bridgehead atoms. The van der Waals surface area contributed by atoms with Gasteiger partial charge in [0.15, 0.2) is 0 Å². The quantitative estimate of drug-likeness (QED) is 0.596. The lowest BCUT2D eigenvalue weighted by atomic mass is 10.3. The largest absolute Gasteiger partial charge is 0.358 e. The van der Waals surface area contributed by atoms with Gasteiger partial charge in [-0.25, -0.2) is 0 Å². The van der Waals surface area contributed by atoms with Crippen molar-refractivity contribution in [3.63, 3.8) is 0 Å². The van der Waals surface area contributed by atoms with Crippen LogP contribution in [0, 0.1) is 13.8 Å². The minimum Gasteiger partial charge on any atom is -0.358 e. The summed E-state index contributed by atoms with van der Waals surface area (Å²) in [6, 6.07) is 2.12. The summed E-state index contributed by atoms with van der Waals surface area (Å²) >= 11 is 1.80. The van der Waals surface area contributed by atoms with Crippen LogP contribution in [-0.4, -0.2) is 4.98 Å². The molecule has 52 valence electrons. The van der Waals surface area contributed by atoms with Gasteiger partial charge >= 0.3 is 0 Å².